The van der Waals surface area contributed by atoms with E-state index in [2.05, 4.69) is 4.98 Å². The van der Waals surface area contributed by atoms with Crippen molar-refractivity contribution < 1.29 is 19.1 Å². The molecule has 0 radical (unpaired) electrons. The summed E-state index contributed by atoms with van der Waals surface area (Å²) in [6.07, 6.45) is 1.41. The van der Waals surface area contributed by atoms with Gasteiger partial charge in [0, 0.05) is 6.54 Å². The summed E-state index contributed by atoms with van der Waals surface area (Å²) in [5.41, 5.74) is 0.618. The van der Waals surface area contributed by atoms with Gasteiger partial charge >= 0.3 is 0 Å². The zero-order valence-electron chi connectivity index (χ0n) is 12.3. The number of nitrogens with zero attached hydrogens (tertiary/aromatic N) is 2. The molecule has 0 spiro atoms. The van der Waals surface area contributed by atoms with Crippen molar-refractivity contribution in [3.05, 3.63) is 29.5 Å². The molecule has 1 saturated heterocycles. The first-order chi connectivity index (χ1) is 10.7. The summed E-state index contributed by atoms with van der Waals surface area (Å²) in [5.74, 6) is 0.515. The predicted octanol–water partition coefficient (Wildman–Crippen LogP) is 1.55. The molecule has 3 heterocycles. The van der Waals surface area contributed by atoms with Crippen LogP contribution in [0.25, 0.3) is 10.8 Å². The Hall–Kier alpha value is -1.70. The molecule has 1 fully saturated rings. The van der Waals surface area contributed by atoms with Gasteiger partial charge in [-0.25, -0.2) is 4.98 Å². The lowest BCUT2D eigenvalue weighted by Crippen LogP contribution is -2.52. The van der Waals surface area contributed by atoms with Crippen LogP contribution in [0.5, 0.6) is 0 Å². The maximum Gasteiger partial charge on any atom is 0.236 e. The van der Waals surface area contributed by atoms with Gasteiger partial charge in [-0.05, 0) is 18.4 Å². The molecule has 2 aromatic rings. The second kappa shape index (κ2) is 6.60. The van der Waals surface area contributed by atoms with E-state index in [0.29, 0.717) is 24.7 Å². The van der Waals surface area contributed by atoms with Crippen LogP contribution in [0.1, 0.15) is 12.6 Å². The van der Waals surface area contributed by atoms with E-state index >= 15 is 0 Å². The average Bonchev–Trinajstić information content (AvgIpc) is 3.18. The number of thiophene rings is 1. The zero-order valence-corrected chi connectivity index (χ0v) is 13.1. The Morgan fingerprint density at radius 1 is 1.59 bits per heavy atom. The van der Waals surface area contributed by atoms with Crippen molar-refractivity contribution in [2.24, 2.45) is 0 Å². The number of hydrogen-bond donors (Lipinski definition) is 1. The summed E-state index contributed by atoms with van der Waals surface area (Å²) >= 11 is 1.54. The molecule has 1 N–H and O–H groups in total. The highest BCUT2D eigenvalue weighted by atomic mass is 32.1. The molecule has 7 heteroatoms. The number of morpholine rings is 1. The minimum Gasteiger partial charge on any atom is -0.444 e. The van der Waals surface area contributed by atoms with E-state index in [1.807, 2.05) is 24.4 Å². The molecule has 1 amide bonds. The maximum absolute atomic E-state index is 12.4. The van der Waals surface area contributed by atoms with E-state index in [1.54, 1.807) is 16.2 Å². The minimum atomic E-state index is -0.306. The van der Waals surface area contributed by atoms with Crippen LogP contribution in [0.4, 0.5) is 0 Å². The third kappa shape index (κ3) is 3.21. The fourth-order valence-corrected chi connectivity index (χ4v) is 3.09. The summed E-state index contributed by atoms with van der Waals surface area (Å²) < 4.78 is 10.9. The standard InChI is InChI=1S/C15H18N2O4S/c1-10-8-20-12(7-18)6-17(10)14(19)5-11-9-21-15(16-11)13-3-2-4-22-13/h2-4,9-10,12,18H,5-8H2,1H3. The van der Waals surface area contributed by atoms with E-state index in [-0.39, 0.29) is 31.1 Å². The van der Waals surface area contributed by atoms with Gasteiger partial charge in [0.1, 0.15) is 6.26 Å². The Bertz CT molecular complexity index is 625. The normalized spacial score (nSPS) is 22.0. The van der Waals surface area contributed by atoms with Crippen molar-refractivity contribution >= 4 is 17.2 Å². The van der Waals surface area contributed by atoms with Gasteiger partial charge in [-0.1, -0.05) is 6.07 Å². The average molecular weight is 322 g/mol. The van der Waals surface area contributed by atoms with E-state index in [1.165, 1.54) is 6.26 Å². The number of rotatable bonds is 4. The fraction of sp³-hybridized carbons (Fsp3) is 0.467. The van der Waals surface area contributed by atoms with Gasteiger partial charge in [0.25, 0.3) is 0 Å². The highest BCUT2D eigenvalue weighted by Gasteiger charge is 2.29. The summed E-state index contributed by atoms with van der Waals surface area (Å²) in [4.78, 5) is 19.5. The number of hydrogen-bond acceptors (Lipinski definition) is 6. The Labute approximate surface area is 132 Å². The lowest BCUT2D eigenvalue weighted by atomic mass is 10.1. The van der Waals surface area contributed by atoms with Crippen LogP contribution in [-0.2, 0) is 16.0 Å². The molecule has 22 heavy (non-hydrogen) atoms. The highest BCUT2D eigenvalue weighted by molar-refractivity contribution is 7.13. The summed E-state index contributed by atoms with van der Waals surface area (Å²) in [7, 11) is 0. The van der Waals surface area contributed by atoms with Gasteiger partial charge in [-0.3, -0.25) is 4.79 Å². The van der Waals surface area contributed by atoms with Gasteiger partial charge in [0.2, 0.25) is 11.8 Å². The van der Waals surface area contributed by atoms with Gasteiger partial charge in [-0.2, -0.15) is 0 Å². The summed E-state index contributed by atoms with van der Waals surface area (Å²) in [6.45, 7) is 2.71. The van der Waals surface area contributed by atoms with E-state index in [9.17, 15) is 9.90 Å². The number of aliphatic hydroxyl groups is 1. The largest absolute Gasteiger partial charge is 0.444 e. The Morgan fingerprint density at radius 3 is 3.18 bits per heavy atom. The molecule has 2 atom stereocenters. The molecular formula is C15H18N2O4S. The predicted molar refractivity (Wildman–Crippen MR) is 81.5 cm³/mol. The Kier molecular flexibility index (Phi) is 4.56. The van der Waals surface area contributed by atoms with Crippen molar-refractivity contribution in [3.8, 4) is 10.8 Å². The number of carbonyl (C=O) groups is 1. The summed E-state index contributed by atoms with van der Waals surface area (Å²) in [6, 6.07) is 3.86. The summed E-state index contributed by atoms with van der Waals surface area (Å²) in [5, 5.41) is 11.1. The van der Waals surface area contributed by atoms with Crippen LogP contribution in [0.3, 0.4) is 0 Å². The second-order valence-electron chi connectivity index (χ2n) is 5.33. The molecule has 6 nitrogen and oxygen atoms in total. The number of oxazole rings is 1. The Morgan fingerprint density at radius 2 is 2.45 bits per heavy atom. The lowest BCUT2D eigenvalue weighted by molar-refractivity contribution is -0.145. The quantitative estimate of drug-likeness (QED) is 0.924. The fourth-order valence-electron chi connectivity index (χ4n) is 2.43. The smallest absolute Gasteiger partial charge is 0.236 e. The molecule has 0 aromatic carbocycles. The molecular weight excluding hydrogens is 304 g/mol. The van der Waals surface area contributed by atoms with E-state index in [4.69, 9.17) is 9.15 Å². The van der Waals surface area contributed by atoms with Crippen LogP contribution in [0, 0.1) is 0 Å². The number of ether oxygens (including phenoxy) is 1. The third-order valence-electron chi connectivity index (χ3n) is 3.65. The number of amides is 1. The number of carbonyl (C=O) groups excluding carboxylic acids is 1. The van der Waals surface area contributed by atoms with Crippen molar-refractivity contribution in [2.45, 2.75) is 25.5 Å². The Balaban J connectivity index is 1.66. The molecule has 0 bridgehead atoms. The molecule has 0 aliphatic carbocycles. The SMILES string of the molecule is CC1COC(CO)CN1C(=O)Cc1coc(-c2cccs2)n1. The monoisotopic (exact) mass is 322 g/mol. The van der Waals surface area contributed by atoms with Crippen molar-refractivity contribution in [1.82, 2.24) is 9.88 Å². The van der Waals surface area contributed by atoms with Crippen LogP contribution < -0.4 is 0 Å². The van der Waals surface area contributed by atoms with Crippen molar-refractivity contribution in [3.63, 3.8) is 0 Å². The molecule has 3 rings (SSSR count). The minimum absolute atomic E-state index is 0.000956. The first-order valence-electron chi connectivity index (χ1n) is 7.17. The van der Waals surface area contributed by atoms with Gasteiger partial charge in [0.05, 0.1) is 42.4 Å². The zero-order chi connectivity index (χ0) is 15.5. The van der Waals surface area contributed by atoms with Crippen LogP contribution >= 0.6 is 11.3 Å². The van der Waals surface area contributed by atoms with Gasteiger partial charge in [-0.15, -0.1) is 11.3 Å². The first-order valence-corrected chi connectivity index (χ1v) is 8.05. The number of aliphatic hydroxyl groups excluding tert-OH is 1. The second-order valence-corrected chi connectivity index (χ2v) is 6.28. The topological polar surface area (TPSA) is 75.8 Å². The van der Waals surface area contributed by atoms with Gasteiger partial charge in [0.15, 0.2) is 0 Å². The van der Waals surface area contributed by atoms with E-state index in [0.717, 1.165) is 4.88 Å². The van der Waals surface area contributed by atoms with Crippen molar-refractivity contribution in [1.29, 1.82) is 0 Å². The molecule has 2 unspecified atom stereocenters. The van der Waals surface area contributed by atoms with Crippen LogP contribution in [-0.4, -0.2) is 52.8 Å². The van der Waals surface area contributed by atoms with Crippen LogP contribution in [0.15, 0.2) is 28.2 Å². The van der Waals surface area contributed by atoms with Crippen molar-refractivity contribution in [2.75, 3.05) is 19.8 Å². The molecule has 2 aromatic heterocycles. The first kappa shape index (κ1) is 15.2. The molecule has 1 aliphatic heterocycles. The number of aromatic nitrogens is 1. The maximum atomic E-state index is 12.4. The molecule has 0 saturated carbocycles. The highest BCUT2D eigenvalue weighted by Crippen LogP contribution is 2.24. The molecule has 1 aliphatic rings. The van der Waals surface area contributed by atoms with Gasteiger partial charge < -0.3 is 19.2 Å². The third-order valence-corrected chi connectivity index (χ3v) is 4.50. The van der Waals surface area contributed by atoms with E-state index < -0.39 is 0 Å². The van der Waals surface area contributed by atoms with Crippen LogP contribution in [0.2, 0.25) is 0 Å². The molecule has 118 valence electrons. The lowest BCUT2D eigenvalue weighted by Gasteiger charge is -2.37.